The molecule has 0 saturated heterocycles. The van der Waals surface area contributed by atoms with Gasteiger partial charge >= 0.3 is 5.97 Å². The second-order valence-corrected chi connectivity index (χ2v) is 6.01. The van der Waals surface area contributed by atoms with Gasteiger partial charge in [0.2, 0.25) is 0 Å². The van der Waals surface area contributed by atoms with Crippen molar-refractivity contribution in [3.05, 3.63) is 31.9 Å². The van der Waals surface area contributed by atoms with E-state index in [0.29, 0.717) is 5.69 Å². The number of hydrogen-bond donors (Lipinski definition) is 1. The Bertz CT molecular complexity index is 538. The zero-order chi connectivity index (χ0) is 12.6. The molecule has 90 valence electrons. The third-order valence-corrected chi connectivity index (χ3v) is 4.51. The highest BCUT2D eigenvalue weighted by molar-refractivity contribution is 14.1. The summed E-state index contributed by atoms with van der Waals surface area (Å²) in [4.78, 5) is 14.8. The van der Waals surface area contributed by atoms with Gasteiger partial charge in [0.15, 0.2) is 0 Å². The lowest BCUT2D eigenvalue weighted by atomic mass is 10.2. The first-order valence-electron chi connectivity index (χ1n) is 5.16. The number of carbonyl (C=O) groups excluding carboxylic acids is 1. The van der Waals surface area contributed by atoms with Crippen LogP contribution in [0, 0.1) is 3.57 Å². The van der Waals surface area contributed by atoms with Crippen LogP contribution in [0.4, 0.5) is 0 Å². The molecule has 0 unspecified atom stereocenters. The molecule has 17 heavy (non-hydrogen) atoms. The summed E-state index contributed by atoms with van der Waals surface area (Å²) in [5.41, 5.74) is 1.41. The molecule has 0 amide bonds. The number of halogens is 2. The van der Waals surface area contributed by atoms with Crippen LogP contribution in [0.3, 0.4) is 0 Å². The Balaban J connectivity index is 2.41. The molecule has 2 aromatic rings. The minimum Gasteiger partial charge on any atom is -0.458 e. The fourth-order valence-electron chi connectivity index (χ4n) is 1.51. The third kappa shape index (κ3) is 2.82. The lowest BCUT2D eigenvalue weighted by molar-refractivity contribution is 0.0372. The van der Waals surface area contributed by atoms with Gasteiger partial charge in [-0.05, 0) is 70.6 Å². The molecule has 0 radical (unpaired) electrons. The first kappa shape index (κ1) is 12.9. The Hall–Kier alpha value is -0.560. The van der Waals surface area contributed by atoms with E-state index in [2.05, 4.69) is 43.5 Å². The Kier molecular flexibility index (Phi) is 3.77. The van der Waals surface area contributed by atoms with Gasteiger partial charge in [0.25, 0.3) is 0 Å². The van der Waals surface area contributed by atoms with Crippen molar-refractivity contribution in [2.24, 2.45) is 0 Å². The molecule has 1 aromatic heterocycles. The molecule has 0 aliphatic rings. The highest BCUT2D eigenvalue weighted by Crippen LogP contribution is 2.26. The second-order valence-electron chi connectivity index (χ2n) is 3.99. The van der Waals surface area contributed by atoms with Crippen molar-refractivity contribution in [2.45, 2.75) is 20.0 Å². The van der Waals surface area contributed by atoms with Gasteiger partial charge in [0, 0.05) is 18.9 Å². The van der Waals surface area contributed by atoms with E-state index in [1.807, 2.05) is 32.0 Å². The van der Waals surface area contributed by atoms with Crippen molar-refractivity contribution in [2.75, 3.05) is 0 Å². The topological polar surface area (TPSA) is 42.1 Å². The molecule has 0 fully saturated rings. The van der Waals surface area contributed by atoms with E-state index in [1.165, 1.54) is 0 Å². The minimum atomic E-state index is -0.317. The highest BCUT2D eigenvalue weighted by atomic mass is 127. The molecule has 1 aromatic carbocycles. The van der Waals surface area contributed by atoms with E-state index < -0.39 is 0 Å². The van der Waals surface area contributed by atoms with E-state index in [0.717, 1.165) is 18.9 Å². The molecule has 0 aliphatic carbocycles. The number of aromatic nitrogens is 1. The maximum atomic E-state index is 11.7. The van der Waals surface area contributed by atoms with Crippen molar-refractivity contribution >= 4 is 55.4 Å². The zero-order valence-electron chi connectivity index (χ0n) is 9.38. The summed E-state index contributed by atoms with van der Waals surface area (Å²) in [6.07, 6.45) is -0.110. The summed E-state index contributed by atoms with van der Waals surface area (Å²) in [6, 6.07) is 5.79. The van der Waals surface area contributed by atoms with Crippen LogP contribution < -0.4 is 0 Å². The first-order chi connectivity index (χ1) is 7.97. The molecule has 0 aliphatic heterocycles. The predicted molar refractivity (Wildman–Crippen MR) is 79.3 cm³/mol. The number of carbonyl (C=O) groups is 1. The summed E-state index contributed by atoms with van der Waals surface area (Å²) < 4.78 is 7.26. The SMILES string of the molecule is CC(C)OC(=O)c1cc2cc(I)c(Br)cc2[nH]1. The third-order valence-electron chi connectivity index (χ3n) is 2.22. The summed E-state index contributed by atoms with van der Waals surface area (Å²) in [5.74, 6) is -0.317. The largest absolute Gasteiger partial charge is 0.458 e. The van der Waals surface area contributed by atoms with E-state index in [1.54, 1.807) is 0 Å². The van der Waals surface area contributed by atoms with Gasteiger partial charge in [-0.1, -0.05) is 0 Å². The summed E-state index contributed by atoms with van der Waals surface area (Å²) in [7, 11) is 0. The van der Waals surface area contributed by atoms with Gasteiger partial charge in [-0.25, -0.2) is 4.79 Å². The first-order valence-corrected chi connectivity index (χ1v) is 7.03. The van der Waals surface area contributed by atoms with Gasteiger partial charge in [-0.15, -0.1) is 0 Å². The number of ether oxygens (including phenoxy) is 1. The average Bonchev–Trinajstić information content (AvgIpc) is 2.60. The van der Waals surface area contributed by atoms with Crippen LogP contribution in [0.25, 0.3) is 10.9 Å². The van der Waals surface area contributed by atoms with E-state index in [4.69, 9.17) is 4.74 Å². The Morgan fingerprint density at radius 3 is 2.76 bits per heavy atom. The fraction of sp³-hybridized carbons (Fsp3) is 0.250. The lowest BCUT2D eigenvalue weighted by Gasteiger charge is -2.05. The Morgan fingerprint density at radius 1 is 1.41 bits per heavy atom. The summed E-state index contributed by atoms with van der Waals surface area (Å²) in [6.45, 7) is 3.67. The van der Waals surface area contributed by atoms with Crippen LogP contribution >= 0.6 is 38.5 Å². The number of H-pyrrole nitrogens is 1. The van der Waals surface area contributed by atoms with Crippen molar-refractivity contribution < 1.29 is 9.53 Å². The van der Waals surface area contributed by atoms with Crippen LogP contribution in [0.1, 0.15) is 24.3 Å². The molecule has 2 rings (SSSR count). The van der Waals surface area contributed by atoms with Crippen LogP contribution in [0.5, 0.6) is 0 Å². The number of aromatic amines is 1. The predicted octanol–water partition coefficient (Wildman–Crippen LogP) is 4.10. The number of nitrogens with one attached hydrogen (secondary N) is 1. The van der Waals surface area contributed by atoms with Crippen molar-refractivity contribution in [3.63, 3.8) is 0 Å². The molecule has 0 spiro atoms. The summed E-state index contributed by atoms with van der Waals surface area (Å²) >= 11 is 5.70. The van der Waals surface area contributed by atoms with Gasteiger partial charge in [0.05, 0.1) is 6.10 Å². The van der Waals surface area contributed by atoms with Crippen LogP contribution in [0.2, 0.25) is 0 Å². The number of fused-ring (bicyclic) bond motifs is 1. The van der Waals surface area contributed by atoms with E-state index >= 15 is 0 Å². The molecule has 0 atom stereocenters. The van der Waals surface area contributed by atoms with Gasteiger partial charge in [-0.2, -0.15) is 0 Å². The maximum absolute atomic E-state index is 11.7. The quantitative estimate of drug-likeness (QED) is 0.601. The van der Waals surface area contributed by atoms with Gasteiger partial charge < -0.3 is 9.72 Å². The van der Waals surface area contributed by atoms with Crippen LogP contribution in [-0.4, -0.2) is 17.1 Å². The molecular weight excluding hydrogens is 397 g/mol. The smallest absolute Gasteiger partial charge is 0.355 e. The van der Waals surface area contributed by atoms with Gasteiger partial charge in [-0.3, -0.25) is 0 Å². The summed E-state index contributed by atoms with van der Waals surface area (Å²) in [5, 5.41) is 1.01. The molecule has 0 bridgehead atoms. The molecule has 5 heteroatoms. The van der Waals surface area contributed by atoms with Crippen LogP contribution in [-0.2, 0) is 4.74 Å². The minimum absolute atomic E-state index is 0.110. The van der Waals surface area contributed by atoms with Crippen molar-refractivity contribution in [3.8, 4) is 0 Å². The van der Waals surface area contributed by atoms with E-state index in [9.17, 15) is 4.79 Å². The average molecular weight is 408 g/mol. The van der Waals surface area contributed by atoms with Crippen LogP contribution in [0.15, 0.2) is 22.7 Å². The molecule has 1 heterocycles. The Morgan fingerprint density at radius 2 is 2.12 bits per heavy atom. The fourth-order valence-corrected chi connectivity index (χ4v) is 2.35. The molecular formula is C12H11BrINO2. The van der Waals surface area contributed by atoms with Gasteiger partial charge in [0.1, 0.15) is 5.69 Å². The van der Waals surface area contributed by atoms with E-state index in [-0.39, 0.29) is 12.1 Å². The second kappa shape index (κ2) is 4.97. The molecule has 0 saturated carbocycles. The highest BCUT2D eigenvalue weighted by Gasteiger charge is 2.13. The maximum Gasteiger partial charge on any atom is 0.355 e. The number of rotatable bonds is 2. The number of hydrogen-bond acceptors (Lipinski definition) is 2. The van der Waals surface area contributed by atoms with Crippen molar-refractivity contribution in [1.82, 2.24) is 4.98 Å². The molecule has 1 N–H and O–H groups in total. The Labute approximate surface area is 121 Å². The van der Waals surface area contributed by atoms with Crippen molar-refractivity contribution in [1.29, 1.82) is 0 Å². The standard InChI is InChI=1S/C12H11BrINO2/c1-6(2)17-12(16)11-4-7-3-9(14)8(13)5-10(7)15-11/h3-6,15H,1-2H3. The monoisotopic (exact) mass is 407 g/mol. The zero-order valence-corrected chi connectivity index (χ0v) is 13.1. The lowest BCUT2D eigenvalue weighted by Crippen LogP contribution is -2.11. The number of benzene rings is 1. The molecule has 3 nitrogen and oxygen atoms in total. The number of esters is 1. The normalized spacial score (nSPS) is 11.1.